The highest BCUT2D eigenvalue weighted by atomic mass is 19.1. The first-order valence-electron chi connectivity index (χ1n) is 10.4. The summed E-state index contributed by atoms with van der Waals surface area (Å²) >= 11 is 0. The number of carbonyl (C=O) groups is 1. The van der Waals surface area contributed by atoms with Crippen molar-refractivity contribution in [2.45, 2.75) is 13.5 Å². The Hall–Kier alpha value is -3.74. The van der Waals surface area contributed by atoms with Gasteiger partial charge in [0.25, 0.3) is 5.97 Å². The number of carboxylic acid groups (broad SMARTS) is 1. The standard InChI is InChI=1S/C22H21FN4O2.C2H4O2/c23-5-9-28-11-12-29-10-8-27-7-4-20-14-18(16-26-22(20)27)2-1-17-13-19-3-6-24-21(19)25-15-17;1-2(3)4/h3-4,6-7,13-16H,5,8-12H2,(H,24,25);1H3,(H,3,4). The van der Waals surface area contributed by atoms with E-state index in [-0.39, 0.29) is 6.61 Å². The van der Waals surface area contributed by atoms with E-state index in [0.717, 1.165) is 40.1 Å². The van der Waals surface area contributed by atoms with Gasteiger partial charge in [0.15, 0.2) is 0 Å². The predicted octanol–water partition coefficient (Wildman–Crippen LogP) is 3.41. The van der Waals surface area contributed by atoms with Crippen LogP contribution in [0, 0.1) is 11.8 Å². The van der Waals surface area contributed by atoms with Gasteiger partial charge >= 0.3 is 0 Å². The van der Waals surface area contributed by atoms with E-state index in [4.69, 9.17) is 19.4 Å². The maximum Gasteiger partial charge on any atom is 0.300 e. The van der Waals surface area contributed by atoms with Crippen LogP contribution in [0.2, 0.25) is 0 Å². The van der Waals surface area contributed by atoms with E-state index < -0.39 is 12.6 Å². The van der Waals surface area contributed by atoms with Crippen LogP contribution in [0.25, 0.3) is 22.1 Å². The largest absolute Gasteiger partial charge is 0.481 e. The molecule has 9 heteroatoms. The molecular weight excluding hydrogens is 427 g/mol. The summed E-state index contributed by atoms with van der Waals surface area (Å²) in [6, 6.07) is 8.03. The van der Waals surface area contributed by atoms with Gasteiger partial charge in [0, 0.05) is 60.2 Å². The molecule has 0 amide bonds. The molecule has 0 bridgehead atoms. The summed E-state index contributed by atoms with van der Waals surface area (Å²) in [6.07, 6.45) is 7.39. The zero-order chi connectivity index (χ0) is 23.5. The molecule has 0 fully saturated rings. The van der Waals surface area contributed by atoms with Crippen LogP contribution in [0.4, 0.5) is 4.39 Å². The molecule has 0 unspecified atom stereocenters. The Morgan fingerprint density at radius 3 is 2.45 bits per heavy atom. The average Bonchev–Trinajstić information content (AvgIpc) is 3.43. The van der Waals surface area contributed by atoms with Crippen molar-refractivity contribution in [1.29, 1.82) is 0 Å². The fourth-order valence-electron chi connectivity index (χ4n) is 3.02. The summed E-state index contributed by atoms with van der Waals surface area (Å²) in [5.41, 5.74) is 3.47. The summed E-state index contributed by atoms with van der Waals surface area (Å²) in [7, 11) is 0. The lowest BCUT2D eigenvalue weighted by Crippen LogP contribution is -2.10. The van der Waals surface area contributed by atoms with Gasteiger partial charge in [-0.05, 0) is 24.3 Å². The first-order valence-corrected chi connectivity index (χ1v) is 10.4. The number of rotatable bonds is 8. The number of aromatic amines is 1. The topological polar surface area (TPSA) is 102 Å². The third-order valence-electron chi connectivity index (χ3n) is 4.42. The van der Waals surface area contributed by atoms with Crippen molar-refractivity contribution < 1.29 is 23.8 Å². The van der Waals surface area contributed by atoms with E-state index in [9.17, 15) is 4.39 Å². The second-order valence-electron chi connectivity index (χ2n) is 6.97. The van der Waals surface area contributed by atoms with Crippen molar-refractivity contribution in [3.05, 3.63) is 60.2 Å². The first kappa shape index (κ1) is 23.9. The maximum absolute atomic E-state index is 11.9. The summed E-state index contributed by atoms with van der Waals surface area (Å²) < 4.78 is 24.5. The van der Waals surface area contributed by atoms with Crippen LogP contribution in [0.5, 0.6) is 0 Å². The highest BCUT2D eigenvalue weighted by molar-refractivity contribution is 5.78. The minimum atomic E-state index is -0.833. The zero-order valence-electron chi connectivity index (χ0n) is 18.3. The lowest BCUT2D eigenvalue weighted by atomic mass is 10.2. The molecule has 0 radical (unpaired) electrons. The van der Waals surface area contributed by atoms with E-state index in [0.29, 0.717) is 26.4 Å². The number of aromatic nitrogens is 4. The van der Waals surface area contributed by atoms with Gasteiger partial charge in [-0.3, -0.25) is 4.79 Å². The molecule has 2 N–H and O–H groups in total. The molecule has 0 aliphatic rings. The van der Waals surface area contributed by atoms with Crippen LogP contribution in [0.15, 0.2) is 49.1 Å². The second kappa shape index (κ2) is 12.3. The Balaban J connectivity index is 0.000000709. The van der Waals surface area contributed by atoms with Crippen LogP contribution in [-0.4, -0.2) is 63.7 Å². The van der Waals surface area contributed by atoms with Crippen LogP contribution in [-0.2, 0) is 20.8 Å². The normalized spacial score (nSPS) is 10.5. The molecule has 0 aromatic carbocycles. The van der Waals surface area contributed by atoms with Crippen molar-refractivity contribution in [1.82, 2.24) is 19.5 Å². The second-order valence-corrected chi connectivity index (χ2v) is 6.97. The van der Waals surface area contributed by atoms with Crippen molar-refractivity contribution in [2.75, 3.05) is 33.1 Å². The Labute approximate surface area is 190 Å². The minimum absolute atomic E-state index is 0.123. The number of pyridine rings is 2. The van der Waals surface area contributed by atoms with Crippen LogP contribution in [0.1, 0.15) is 18.1 Å². The number of nitrogens with zero attached hydrogens (tertiary/aromatic N) is 3. The third-order valence-corrected chi connectivity index (χ3v) is 4.42. The van der Waals surface area contributed by atoms with Gasteiger partial charge in [-0.25, -0.2) is 14.4 Å². The number of carboxylic acids is 1. The highest BCUT2D eigenvalue weighted by Crippen LogP contribution is 2.15. The molecule has 0 saturated heterocycles. The molecule has 33 heavy (non-hydrogen) atoms. The number of alkyl halides is 1. The smallest absolute Gasteiger partial charge is 0.300 e. The fourth-order valence-corrected chi connectivity index (χ4v) is 3.02. The number of aliphatic carboxylic acids is 1. The Morgan fingerprint density at radius 2 is 1.73 bits per heavy atom. The number of ether oxygens (including phenoxy) is 2. The molecule has 0 saturated carbocycles. The van der Waals surface area contributed by atoms with E-state index in [1.165, 1.54) is 0 Å². The highest BCUT2D eigenvalue weighted by Gasteiger charge is 2.03. The quantitative estimate of drug-likeness (QED) is 0.314. The van der Waals surface area contributed by atoms with Gasteiger partial charge in [-0.1, -0.05) is 11.8 Å². The van der Waals surface area contributed by atoms with Gasteiger partial charge < -0.3 is 24.1 Å². The molecule has 0 atom stereocenters. The van der Waals surface area contributed by atoms with Crippen molar-refractivity contribution >= 4 is 28.0 Å². The molecule has 0 spiro atoms. The van der Waals surface area contributed by atoms with E-state index >= 15 is 0 Å². The average molecular weight is 452 g/mol. The molecule has 4 aromatic heterocycles. The van der Waals surface area contributed by atoms with E-state index in [1.54, 1.807) is 12.4 Å². The number of H-pyrrole nitrogens is 1. The molecule has 8 nitrogen and oxygen atoms in total. The van der Waals surface area contributed by atoms with Gasteiger partial charge in [0.05, 0.1) is 26.4 Å². The van der Waals surface area contributed by atoms with E-state index in [1.807, 2.05) is 41.2 Å². The summed E-state index contributed by atoms with van der Waals surface area (Å²) in [5, 5.41) is 9.49. The first-order chi connectivity index (χ1) is 16.1. The third kappa shape index (κ3) is 7.42. The molecular formula is C24H25FN4O4. The number of nitrogens with one attached hydrogen (secondary N) is 1. The van der Waals surface area contributed by atoms with Gasteiger partial charge in [-0.15, -0.1) is 0 Å². The Kier molecular flexibility index (Phi) is 8.94. The number of halogens is 1. The Morgan fingerprint density at radius 1 is 1.06 bits per heavy atom. The molecule has 172 valence electrons. The zero-order valence-corrected chi connectivity index (χ0v) is 18.3. The molecule has 0 aliphatic carbocycles. The lowest BCUT2D eigenvalue weighted by Gasteiger charge is -2.06. The molecule has 0 aliphatic heterocycles. The van der Waals surface area contributed by atoms with Crippen LogP contribution < -0.4 is 0 Å². The summed E-state index contributed by atoms with van der Waals surface area (Å²) in [6.45, 7) is 2.83. The summed E-state index contributed by atoms with van der Waals surface area (Å²) in [4.78, 5) is 21.0. The van der Waals surface area contributed by atoms with Crippen molar-refractivity contribution in [2.24, 2.45) is 0 Å². The van der Waals surface area contributed by atoms with Crippen molar-refractivity contribution in [3.63, 3.8) is 0 Å². The number of hydrogen-bond acceptors (Lipinski definition) is 5. The fraction of sp³-hybridized carbons (Fsp3) is 0.292. The number of fused-ring (bicyclic) bond motifs is 2. The SMILES string of the molecule is CC(=O)O.FCCOCCOCCn1ccc2cc(C#Cc3cnc4[nH]ccc4c3)cnc21. The van der Waals surface area contributed by atoms with Gasteiger partial charge in [0.2, 0.25) is 0 Å². The number of hydrogen-bond donors (Lipinski definition) is 2. The Bertz CT molecular complexity index is 1250. The van der Waals surface area contributed by atoms with Gasteiger partial charge in [0.1, 0.15) is 18.0 Å². The van der Waals surface area contributed by atoms with Gasteiger partial charge in [-0.2, -0.15) is 0 Å². The molecule has 4 rings (SSSR count). The summed E-state index contributed by atoms with van der Waals surface area (Å²) in [5.74, 6) is 5.47. The minimum Gasteiger partial charge on any atom is -0.481 e. The van der Waals surface area contributed by atoms with Crippen molar-refractivity contribution in [3.8, 4) is 11.8 Å². The monoisotopic (exact) mass is 452 g/mol. The molecule has 4 aromatic rings. The predicted molar refractivity (Wildman–Crippen MR) is 123 cm³/mol. The maximum atomic E-state index is 11.9. The lowest BCUT2D eigenvalue weighted by molar-refractivity contribution is -0.134. The molecule has 4 heterocycles. The van der Waals surface area contributed by atoms with Crippen LogP contribution in [0.3, 0.4) is 0 Å². The van der Waals surface area contributed by atoms with Crippen LogP contribution >= 0.6 is 0 Å². The van der Waals surface area contributed by atoms with E-state index in [2.05, 4.69) is 26.8 Å².